The monoisotopic (exact) mass is 326 g/mol. The van der Waals surface area contributed by atoms with Crippen LogP contribution in [0.4, 0.5) is 0 Å². The number of ether oxygens (including phenoxy) is 1. The van der Waals surface area contributed by atoms with Gasteiger partial charge in [-0.25, -0.2) is 0 Å². The molecule has 0 aromatic heterocycles. The largest absolute Gasteiger partial charge is 0.457 e. The second-order valence-corrected chi connectivity index (χ2v) is 5.27. The minimum atomic E-state index is -0.0838. The number of hydrogen-bond donors (Lipinski definition) is 1. The van der Waals surface area contributed by atoms with Crippen LogP contribution in [0.25, 0.3) is 0 Å². The van der Waals surface area contributed by atoms with E-state index in [4.69, 9.17) is 16.3 Å². The van der Waals surface area contributed by atoms with Gasteiger partial charge in [-0.3, -0.25) is 0 Å². The molecule has 0 saturated heterocycles. The lowest BCUT2D eigenvalue weighted by Crippen LogP contribution is -1.93. The van der Waals surface area contributed by atoms with Crippen LogP contribution in [0.1, 0.15) is 11.1 Å². The van der Waals surface area contributed by atoms with Gasteiger partial charge in [0.2, 0.25) is 0 Å². The van der Waals surface area contributed by atoms with Gasteiger partial charge in [-0.1, -0.05) is 39.7 Å². The number of rotatable bonds is 3. The number of halogens is 2. The minimum absolute atomic E-state index is 0.0838. The van der Waals surface area contributed by atoms with Crippen LogP contribution in [-0.4, -0.2) is 5.11 Å². The van der Waals surface area contributed by atoms with E-state index in [9.17, 15) is 5.11 Å². The zero-order chi connectivity index (χ0) is 13.1. The van der Waals surface area contributed by atoms with Crippen molar-refractivity contribution in [2.24, 2.45) is 0 Å². The average Bonchev–Trinajstić information content (AvgIpc) is 2.34. The van der Waals surface area contributed by atoms with Gasteiger partial charge in [-0.2, -0.15) is 0 Å². The van der Waals surface area contributed by atoms with Gasteiger partial charge in [0.15, 0.2) is 0 Å². The Balaban J connectivity index is 2.38. The summed E-state index contributed by atoms with van der Waals surface area (Å²) in [6, 6.07) is 11.0. The molecule has 94 valence electrons. The molecule has 4 heteroatoms. The fourth-order valence-electron chi connectivity index (χ4n) is 1.56. The van der Waals surface area contributed by atoms with Crippen LogP contribution in [0, 0.1) is 6.92 Å². The Bertz CT molecular complexity index is 570. The molecule has 1 N–H and O–H groups in total. The first-order valence-corrected chi connectivity index (χ1v) is 6.60. The highest BCUT2D eigenvalue weighted by Gasteiger charge is 2.07. The number of hydrogen-bond acceptors (Lipinski definition) is 2. The molecule has 0 aliphatic heterocycles. The van der Waals surface area contributed by atoms with E-state index in [1.165, 1.54) is 0 Å². The molecule has 0 spiro atoms. The molecule has 2 rings (SSSR count). The fraction of sp³-hybridized carbons (Fsp3) is 0.143. The van der Waals surface area contributed by atoms with E-state index in [1.54, 1.807) is 18.2 Å². The first-order chi connectivity index (χ1) is 8.60. The average molecular weight is 328 g/mol. The maximum Gasteiger partial charge on any atom is 0.134 e. The molecular formula is C14H12BrClO2. The van der Waals surface area contributed by atoms with Crippen LogP contribution in [0.2, 0.25) is 5.02 Å². The van der Waals surface area contributed by atoms with Crippen molar-refractivity contribution in [3.8, 4) is 11.5 Å². The van der Waals surface area contributed by atoms with E-state index < -0.39 is 0 Å². The molecule has 0 saturated carbocycles. The summed E-state index contributed by atoms with van der Waals surface area (Å²) in [5.41, 5.74) is 1.72. The minimum Gasteiger partial charge on any atom is -0.457 e. The van der Waals surface area contributed by atoms with Crippen LogP contribution in [0.15, 0.2) is 40.9 Å². The Hall–Kier alpha value is -1.03. The van der Waals surface area contributed by atoms with Crippen molar-refractivity contribution in [1.29, 1.82) is 0 Å². The fourth-order valence-corrected chi connectivity index (χ4v) is 2.06. The first-order valence-electron chi connectivity index (χ1n) is 5.43. The SMILES string of the molecule is Cc1ccc(Br)cc1Oc1cc(Cl)ccc1CO. The predicted octanol–water partition coefficient (Wildman–Crippen LogP) is 4.70. The second kappa shape index (κ2) is 5.74. The third-order valence-electron chi connectivity index (χ3n) is 2.57. The van der Waals surface area contributed by atoms with Crippen molar-refractivity contribution in [2.45, 2.75) is 13.5 Å². The molecule has 2 aromatic rings. The maximum absolute atomic E-state index is 9.28. The molecular weight excluding hydrogens is 316 g/mol. The molecule has 0 fully saturated rings. The summed E-state index contributed by atoms with van der Waals surface area (Å²) in [6.45, 7) is 1.88. The van der Waals surface area contributed by atoms with Crippen LogP contribution in [0.5, 0.6) is 11.5 Å². The van der Waals surface area contributed by atoms with E-state index in [0.717, 1.165) is 15.8 Å². The predicted molar refractivity (Wildman–Crippen MR) is 76.3 cm³/mol. The number of aliphatic hydroxyl groups excluding tert-OH is 1. The normalized spacial score (nSPS) is 10.4. The van der Waals surface area contributed by atoms with Gasteiger partial charge in [0.1, 0.15) is 11.5 Å². The summed E-state index contributed by atoms with van der Waals surface area (Å²) in [4.78, 5) is 0. The van der Waals surface area contributed by atoms with E-state index in [1.807, 2.05) is 25.1 Å². The van der Waals surface area contributed by atoms with Crippen molar-refractivity contribution >= 4 is 27.5 Å². The highest BCUT2D eigenvalue weighted by Crippen LogP contribution is 2.32. The zero-order valence-electron chi connectivity index (χ0n) is 9.78. The first kappa shape index (κ1) is 13.4. The summed E-state index contributed by atoms with van der Waals surface area (Å²) in [5.74, 6) is 1.31. The lowest BCUT2D eigenvalue weighted by atomic mass is 10.2. The molecule has 2 nitrogen and oxygen atoms in total. The van der Waals surface area contributed by atoms with Crippen molar-refractivity contribution in [3.05, 3.63) is 57.0 Å². The summed E-state index contributed by atoms with van der Waals surface area (Å²) >= 11 is 9.34. The quantitative estimate of drug-likeness (QED) is 0.885. The molecule has 0 aliphatic rings. The molecule has 0 radical (unpaired) electrons. The Morgan fingerprint density at radius 1 is 1.17 bits per heavy atom. The molecule has 0 bridgehead atoms. The molecule has 2 aromatic carbocycles. The Labute approximate surface area is 119 Å². The van der Waals surface area contributed by atoms with Crippen molar-refractivity contribution < 1.29 is 9.84 Å². The Kier molecular flexibility index (Phi) is 4.27. The van der Waals surface area contributed by atoms with Crippen molar-refractivity contribution in [2.75, 3.05) is 0 Å². The Morgan fingerprint density at radius 2 is 1.94 bits per heavy atom. The highest BCUT2D eigenvalue weighted by atomic mass is 79.9. The molecule has 18 heavy (non-hydrogen) atoms. The molecule has 0 aliphatic carbocycles. The van der Waals surface area contributed by atoms with E-state index in [-0.39, 0.29) is 6.61 Å². The number of benzene rings is 2. The summed E-state index contributed by atoms with van der Waals surface area (Å²) in [6.07, 6.45) is 0. The molecule has 0 atom stereocenters. The van der Waals surface area contributed by atoms with E-state index in [2.05, 4.69) is 15.9 Å². The Morgan fingerprint density at radius 3 is 2.67 bits per heavy atom. The lowest BCUT2D eigenvalue weighted by molar-refractivity contribution is 0.276. The summed E-state index contributed by atoms with van der Waals surface area (Å²) in [5, 5.41) is 9.86. The van der Waals surface area contributed by atoms with E-state index in [0.29, 0.717) is 16.3 Å². The van der Waals surface area contributed by atoms with Gasteiger partial charge in [-0.05, 0) is 36.8 Å². The van der Waals surface area contributed by atoms with Crippen LogP contribution in [0.3, 0.4) is 0 Å². The zero-order valence-corrected chi connectivity index (χ0v) is 12.1. The number of aryl methyl sites for hydroxylation is 1. The third-order valence-corrected chi connectivity index (χ3v) is 3.30. The summed E-state index contributed by atoms with van der Waals surface area (Å²) in [7, 11) is 0. The van der Waals surface area contributed by atoms with Crippen molar-refractivity contribution in [3.63, 3.8) is 0 Å². The van der Waals surface area contributed by atoms with E-state index >= 15 is 0 Å². The lowest BCUT2D eigenvalue weighted by Gasteiger charge is -2.12. The third kappa shape index (κ3) is 3.05. The molecule has 0 unspecified atom stereocenters. The summed E-state index contributed by atoms with van der Waals surface area (Å²) < 4.78 is 6.76. The van der Waals surface area contributed by atoms with Gasteiger partial charge in [-0.15, -0.1) is 0 Å². The van der Waals surface area contributed by atoms with Crippen LogP contribution < -0.4 is 4.74 Å². The van der Waals surface area contributed by atoms with Crippen molar-refractivity contribution in [1.82, 2.24) is 0 Å². The maximum atomic E-state index is 9.28. The van der Waals surface area contributed by atoms with Crippen LogP contribution >= 0.6 is 27.5 Å². The molecule has 0 heterocycles. The van der Waals surface area contributed by atoms with Crippen LogP contribution in [-0.2, 0) is 6.61 Å². The van der Waals surface area contributed by atoms with Gasteiger partial charge in [0.05, 0.1) is 6.61 Å². The van der Waals surface area contributed by atoms with Gasteiger partial charge >= 0.3 is 0 Å². The van der Waals surface area contributed by atoms with Gasteiger partial charge in [0.25, 0.3) is 0 Å². The highest BCUT2D eigenvalue weighted by molar-refractivity contribution is 9.10. The smallest absolute Gasteiger partial charge is 0.134 e. The topological polar surface area (TPSA) is 29.5 Å². The second-order valence-electron chi connectivity index (χ2n) is 3.92. The standard InChI is InChI=1S/C14H12BrClO2/c1-9-2-4-11(15)6-13(9)18-14-7-12(16)5-3-10(14)8-17/h2-7,17H,8H2,1H3. The van der Waals surface area contributed by atoms with Gasteiger partial charge < -0.3 is 9.84 Å². The number of aliphatic hydroxyl groups is 1. The molecule has 0 amide bonds. The van der Waals surface area contributed by atoms with Gasteiger partial charge in [0, 0.05) is 15.1 Å².